The van der Waals surface area contributed by atoms with Crippen LogP contribution in [0.5, 0.6) is 11.5 Å². The fraction of sp³-hybridized carbons (Fsp3) is 0.333. The number of primary amides is 1. The maximum absolute atomic E-state index is 12.6. The third-order valence-corrected chi connectivity index (χ3v) is 6.72. The summed E-state index contributed by atoms with van der Waals surface area (Å²) in [6.45, 7) is 8.76. The number of likely N-dealkylation sites (tertiary alicyclic amines) is 1. The van der Waals surface area contributed by atoms with Gasteiger partial charge in [-0.15, -0.1) is 0 Å². The summed E-state index contributed by atoms with van der Waals surface area (Å²) >= 11 is 0. The smallest absolute Gasteiger partial charge is 0.410 e. The van der Waals surface area contributed by atoms with Gasteiger partial charge in [-0.1, -0.05) is 12.1 Å². The highest BCUT2D eigenvalue weighted by Gasteiger charge is 2.30. The average Bonchev–Trinajstić information content (AvgIpc) is 3.28. The van der Waals surface area contributed by atoms with Crippen LogP contribution in [0.4, 0.5) is 4.79 Å². The van der Waals surface area contributed by atoms with Gasteiger partial charge in [0.1, 0.15) is 28.1 Å². The van der Waals surface area contributed by atoms with E-state index in [1.165, 1.54) is 0 Å². The number of hydrogen-bond donors (Lipinski definition) is 1. The van der Waals surface area contributed by atoms with Gasteiger partial charge in [-0.2, -0.15) is 5.10 Å². The van der Waals surface area contributed by atoms with Crippen LogP contribution in [0.3, 0.4) is 0 Å². The average molecular weight is 528 g/mol. The molecule has 1 fully saturated rings. The number of fused-ring (bicyclic) bond motifs is 1. The van der Waals surface area contributed by atoms with Crippen molar-refractivity contribution in [1.82, 2.24) is 19.7 Å². The molecule has 1 aliphatic rings. The Bertz CT molecular complexity index is 1510. The zero-order valence-electron chi connectivity index (χ0n) is 22.7. The van der Waals surface area contributed by atoms with Gasteiger partial charge in [0.05, 0.1) is 5.69 Å². The van der Waals surface area contributed by atoms with Gasteiger partial charge in [-0.05, 0) is 100 Å². The zero-order valence-corrected chi connectivity index (χ0v) is 22.7. The molecule has 2 aromatic heterocycles. The highest BCUT2D eigenvalue weighted by Crippen LogP contribution is 2.34. The number of aromatic nitrogens is 3. The predicted octanol–water partition coefficient (Wildman–Crippen LogP) is 5.73. The molecule has 4 aromatic rings. The summed E-state index contributed by atoms with van der Waals surface area (Å²) in [6, 6.07) is 17.1. The van der Waals surface area contributed by atoms with Gasteiger partial charge in [0, 0.05) is 19.3 Å². The first-order chi connectivity index (χ1) is 18.6. The molecular weight excluding hydrogens is 494 g/mol. The molecule has 0 spiro atoms. The van der Waals surface area contributed by atoms with Gasteiger partial charge in [0.2, 0.25) is 0 Å². The Morgan fingerprint density at radius 1 is 0.974 bits per heavy atom. The maximum atomic E-state index is 12.6. The van der Waals surface area contributed by atoms with Crippen molar-refractivity contribution in [2.75, 3.05) is 13.1 Å². The molecule has 2 aromatic carbocycles. The van der Waals surface area contributed by atoms with Crippen molar-refractivity contribution in [1.29, 1.82) is 0 Å². The Kier molecular flexibility index (Phi) is 6.99. The summed E-state index contributed by atoms with van der Waals surface area (Å²) in [6.07, 6.45) is 2.90. The standard InChI is InChI=1S/C30H33N5O4/c1-19-6-5-7-23(18-19)38-22-10-8-21(9-11-22)35-27(28(31)36)26-25(33-35)24(12-15-32-26)20-13-16-34(17-14-20)29(37)39-30(2,3)4/h5-12,15,18,20H,13-14,16-17H2,1-4H3,(H2,31,36). The van der Waals surface area contributed by atoms with Crippen LogP contribution < -0.4 is 10.5 Å². The number of rotatable bonds is 5. The van der Waals surface area contributed by atoms with Crippen LogP contribution in [0, 0.1) is 6.92 Å². The summed E-state index contributed by atoms with van der Waals surface area (Å²) in [5.41, 5.74) is 9.39. The molecule has 3 heterocycles. The van der Waals surface area contributed by atoms with Crippen molar-refractivity contribution in [3.8, 4) is 17.2 Å². The van der Waals surface area contributed by atoms with E-state index in [0.717, 1.165) is 29.7 Å². The summed E-state index contributed by atoms with van der Waals surface area (Å²) in [7, 11) is 0. The van der Waals surface area contributed by atoms with Crippen LogP contribution in [-0.2, 0) is 4.74 Å². The van der Waals surface area contributed by atoms with Gasteiger partial charge >= 0.3 is 6.09 Å². The van der Waals surface area contributed by atoms with E-state index in [4.69, 9.17) is 20.3 Å². The second kappa shape index (κ2) is 10.4. The summed E-state index contributed by atoms with van der Waals surface area (Å²) in [4.78, 5) is 31.3. The molecule has 2 N–H and O–H groups in total. The zero-order chi connectivity index (χ0) is 27.7. The number of nitrogens with two attached hydrogens (primary N) is 1. The predicted molar refractivity (Wildman–Crippen MR) is 148 cm³/mol. The Balaban J connectivity index is 1.41. The molecule has 39 heavy (non-hydrogen) atoms. The number of ether oxygens (including phenoxy) is 2. The molecule has 202 valence electrons. The van der Waals surface area contributed by atoms with E-state index >= 15 is 0 Å². The lowest BCUT2D eigenvalue weighted by molar-refractivity contribution is 0.0205. The first-order valence-corrected chi connectivity index (χ1v) is 13.1. The van der Waals surface area contributed by atoms with Crippen molar-refractivity contribution < 1.29 is 19.1 Å². The number of nitrogens with zero attached hydrogens (tertiary/aromatic N) is 4. The maximum Gasteiger partial charge on any atom is 0.410 e. The fourth-order valence-electron chi connectivity index (χ4n) is 4.90. The van der Waals surface area contributed by atoms with Crippen molar-refractivity contribution in [3.63, 3.8) is 0 Å². The second-order valence-corrected chi connectivity index (χ2v) is 10.9. The lowest BCUT2D eigenvalue weighted by atomic mass is 9.89. The minimum absolute atomic E-state index is 0.156. The molecular formula is C30H33N5O4. The minimum Gasteiger partial charge on any atom is -0.457 e. The molecule has 0 saturated carbocycles. The monoisotopic (exact) mass is 527 g/mol. The van der Waals surface area contributed by atoms with Crippen LogP contribution in [0.2, 0.25) is 0 Å². The molecule has 2 amide bonds. The number of hydrogen-bond acceptors (Lipinski definition) is 6. The Morgan fingerprint density at radius 3 is 2.33 bits per heavy atom. The van der Waals surface area contributed by atoms with Gasteiger partial charge in [-0.3, -0.25) is 9.78 Å². The normalized spacial score (nSPS) is 14.4. The molecule has 0 radical (unpaired) electrons. The van der Waals surface area contributed by atoms with E-state index in [9.17, 15) is 9.59 Å². The Morgan fingerprint density at radius 2 is 1.69 bits per heavy atom. The van der Waals surface area contributed by atoms with Gasteiger partial charge < -0.3 is 20.1 Å². The number of piperidine rings is 1. The Hall–Kier alpha value is -4.40. The molecule has 0 atom stereocenters. The van der Waals surface area contributed by atoms with E-state index in [1.54, 1.807) is 15.8 Å². The molecule has 0 unspecified atom stereocenters. The number of aryl methyl sites for hydroxylation is 1. The van der Waals surface area contributed by atoms with Crippen LogP contribution >= 0.6 is 0 Å². The van der Waals surface area contributed by atoms with E-state index in [2.05, 4.69) is 4.98 Å². The fourth-order valence-corrected chi connectivity index (χ4v) is 4.90. The molecule has 9 heteroatoms. The Labute approximate surface area is 227 Å². The van der Waals surface area contributed by atoms with E-state index in [0.29, 0.717) is 35.6 Å². The molecule has 5 rings (SSSR count). The first kappa shape index (κ1) is 26.2. The second-order valence-electron chi connectivity index (χ2n) is 10.9. The van der Waals surface area contributed by atoms with Crippen molar-refractivity contribution in [3.05, 3.63) is 77.6 Å². The lowest BCUT2D eigenvalue weighted by Gasteiger charge is -2.33. The largest absolute Gasteiger partial charge is 0.457 e. The number of carbonyl (C=O) groups is 2. The van der Waals surface area contributed by atoms with Gasteiger partial charge in [0.25, 0.3) is 5.91 Å². The summed E-state index contributed by atoms with van der Waals surface area (Å²) in [5.74, 6) is 0.958. The number of amides is 2. The van der Waals surface area contributed by atoms with Crippen LogP contribution in [0.25, 0.3) is 16.7 Å². The van der Waals surface area contributed by atoms with Gasteiger partial charge in [0.15, 0.2) is 5.69 Å². The third-order valence-electron chi connectivity index (χ3n) is 6.72. The molecule has 1 aliphatic heterocycles. The van der Waals surface area contributed by atoms with Crippen LogP contribution in [0.15, 0.2) is 60.8 Å². The highest BCUT2D eigenvalue weighted by molar-refractivity contribution is 6.03. The summed E-state index contributed by atoms with van der Waals surface area (Å²) < 4.78 is 13.0. The van der Waals surface area contributed by atoms with Crippen molar-refractivity contribution in [2.24, 2.45) is 5.73 Å². The van der Waals surface area contributed by atoms with Gasteiger partial charge in [-0.25, -0.2) is 9.48 Å². The van der Waals surface area contributed by atoms with Crippen LogP contribution in [0.1, 0.15) is 61.1 Å². The molecule has 1 saturated heterocycles. The molecule has 0 bridgehead atoms. The number of carbonyl (C=O) groups excluding carboxylic acids is 2. The van der Waals surface area contributed by atoms with Crippen LogP contribution in [-0.4, -0.2) is 50.4 Å². The SMILES string of the molecule is Cc1cccc(Oc2ccc(-n3nc4c(C5CCN(C(=O)OC(C)(C)C)CC5)ccnc4c3C(N)=O)cc2)c1. The summed E-state index contributed by atoms with van der Waals surface area (Å²) in [5, 5.41) is 4.81. The lowest BCUT2D eigenvalue weighted by Crippen LogP contribution is -2.41. The van der Waals surface area contributed by atoms with E-state index in [1.807, 2.05) is 82.3 Å². The highest BCUT2D eigenvalue weighted by atomic mass is 16.6. The quantitative estimate of drug-likeness (QED) is 0.354. The third kappa shape index (κ3) is 5.72. The minimum atomic E-state index is -0.609. The molecule has 9 nitrogen and oxygen atoms in total. The van der Waals surface area contributed by atoms with Crippen molar-refractivity contribution in [2.45, 2.75) is 52.1 Å². The van der Waals surface area contributed by atoms with Crippen molar-refractivity contribution >= 4 is 23.0 Å². The molecule has 0 aliphatic carbocycles. The first-order valence-electron chi connectivity index (χ1n) is 13.1. The number of benzene rings is 2. The van der Waals surface area contributed by atoms with E-state index in [-0.39, 0.29) is 17.7 Å². The number of pyridine rings is 1. The topological polar surface area (TPSA) is 113 Å². The van der Waals surface area contributed by atoms with E-state index < -0.39 is 11.5 Å².